The Kier molecular flexibility index (Phi) is 5.30. The molecule has 3 rings (SSSR count). The second kappa shape index (κ2) is 7.11. The third-order valence-electron chi connectivity index (χ3n) is 4.60. The van der Waals surface area contributed by atoms with Crippen LogP contribution in [0.25, 0.3) is 5.69 Å². The maximum absolute atomic E-state index is 14.0. The van der Waals surface area contributed by atoms with E-state index in [9.17, 15) is 45.2 Å². The number of alkyl halides is 8. The smallest absolute Gasteiger partial charge is 0.391 e. The maximum Gasteiger partial charge on any atom is 0.416 e. The predicted molar refractivity (Wildman–Crippen MR) is 90.8 cm³/mol. The molecule has 0 radical (unpaired) electrons. The van der Waals surface area contributed by atoms with Crippen molar-refractivity contribution in [3.05, 3.63) is 39.0 Å². The largest absolute Gasteiger partial charge is 0.416 e. The Hall–Kier alpha value is -2.79. The van der Waals surface area contributed by atoms with E-state index in [-0.39, 0.29) is 4.68 Å². The van der Waals surface area contributed by atoms with E-state index in [4.69, 9.17) is 28.9 Å². The number of nitrogens with two attached hydrogens (primary N) is 1. The highest BCUT2D eigenvalue weighted by atomic mass is 35.5. The number of nitrogens with zero attached hydrogens (tertiary/aromatic N) is 3. The molecule has 0 spiro atoms. The van der Waals surface area contributed by atoms with Crippen LogP contribution in [0.1, 0.15) is 23.2 Å². The van der Waals surface area contributed by atoms with Gasteiger partial charge in [-0.3, -0.25) is 0 Å². The van der Waals surface area contributed by atoms with Crippen LogP contribution >= 0.6 is 23.2 Å². The average molecular weight is 509 g/mol. The number of nitriles is 1. The number of carbonyl (C=O) groups is 1. The molecule has 1 aromatic carbocycles. The number of amides is 1. The molecule has 0 bridgehead atoms. The summed E-state index contributed by atoms with van der Waals surface area (Å²) >= 11 is 11.6. The van der Waals surface area contributed by atoms with Gasteiger partial charge in [-0.25, -0.2) is 13.6 Å². The summed E-state index contributed by atoms with van der Waals surface area (Å²) < 4.78 is 113. The lowest BCUT2D eigenvalue weighted by atomic mass is 9.94. The molecular formula is C16H6Cl2F8N4O2. The number of aromatic nitrogens is 2. The summed E-state index contributed by atoms with van der Waals surface area (Å²) in [5, 5.41) is 10.9. The average Bonchev–Trinajstić information content (AvgIpc) is 3.04. The number of hydrogen-bond donors (Lipinski definition) is 1. The first kappa shape index (κ1) is 23.9. The number of halogens is 10. The van der Waals surface area contributed by atoms with Crippen molar-refractivity contribution in [2.24, 2.45) is 5.73 Å². The lowest BCUT2D eigenvalue weighted by molar-refractivity contribution is -0.182. The fourth-order valence-corrected chi connectivity index (χ4v) is 3.79. The summed E-state index contributed by atoms with van der Waals surface area (Å²) in [4.78, 5) is 11.3. The zero-order valence-corrected chi connectivity index (χ0v) is 16.4. The van der Waals surface area contributed by atoms with Gasteiger partial charge in [-0.05, 0) is 12.1 Å². The van der Waals surface area contributed by atoms with Crippen molar-refractivity contribution >= 4 is 29.3 Å². The molecule has 1 heterocycles. The lowest BCUT2D eigenvalue weighted by Crippen LogP contribution is -2.36. The highest BCUT2D eigenvalue weighted by Gasteiger charge is 2.86. The second-order valence-corrected chi connectivity index (χ2v) is 7.36. The lowest BCUT2D eigenvalue weighted by Gasteiger charge is -2.21. The molecule has 1 fully saturated rings. The van der Waals surface area contributed by atoms with E-state index in [1.807, 2.05) is 0 Å². The van der Waals surface area contributed by atoms with Crippen molar-refractivity contribution in [2.75, 3.05) is 0 Å². The first-order chi connectivity index (χ1) is 14.5. The van der Waals surface area contributed by atoms with Gasteiger partial charge in [-0.2, -0.15) is 41.4 Å². The molecule has 1 amide bonds. The van der Waals surface area contributed by atoms with Crippen molar-refractivity contribution in [1.29, 1.82) is 5.26 Å². The Morgan fingerprint density at radius 3 is 2.03 bits per heavy atom. The SMILES string of the molecule is N#Cc1nn(-c2c(Cl)cc(C(F)(F)F)cc2Cl)c(OC(N)=O)c1C1(C(F)(F)F)CC1(F)F. The van der Waals surface area contributed by atoms with Crippen molar-refractivity contribution in [3.63, 3.8) is 0 Å². The number of primary amides is 1. The van der Waals surface area contributed by atoms with Gasteiger partial charge in [-0.1, -0.05) is 23.2 Å². The first-order valence-electron chi connectivity index (χ1n) is 8.00. The van der Waals surface area contributed by atoms with Crippen molar-refractivity contribution < 1.29 is 44.7 Å². The fourth-order valence-electron chi connectivity index (χ4n) is 3.15. The Labute approximate surface area is 182 Å². The third-order valence-corrected chi connectivity index (χ3v) is 5.18. The Morgan fingerprint density at radius 1 is 1.19 bits per heavy atom. The zero-order valence-electron chi connectivity index (χ0n) is 14.9. The van der Waals surface area contributed by atoms with Gasteiger partial charge in [0.1, 0.15) is 11.8 Å². The van der Waals surface area contributed by atoms with Gasteiger partial charge in [-0.15, -0.1) is 0 Å². The Morgan fingerprint density at radius 2 is 1.69 bits per heavy atom. The van der Waals surface area contributed by atoms with E-state index in [1.165, 1.54) is 6.07 Å². The molecule has 32 heavy (non-hydrogen) atoms. The minimum atomic E-state index is -5.65. The molecule has 2 N–H and O–H groups in total. The molecule has 1 aliphatic carbocycles. The summed E-state index contributed by atoms with van der Waals surface area (Å²) in [6.07, 6.45) is -14.2. The van der Waals surface area contributed by atoms with Gasteiger partial charge in [0.05, 0.1) is 21.2 Å². The molecule has 1 unspecified atom stereocenters. The molecule has 2 aromatic rings. The van der Waals surface area contributed by atoms with Crippen LogP contribution in [0, 0.1) is 11.3 Å². The maximum atomic E-state index is 14.0. The highest BCUT2D eigenvalue weighted by molar-refractivity contribution is 6.37. The van der Waals surface area contributed by atoms with Crippen LogP contribution in [0.15, 0.2) is 12.1 Å². The summed E-state index contributed by atoms with van der Waals surface area (Å²) in [7, 11) is 0. The molecule has 1 saturated carbocycles. The number of benzene rings is 1. The zero-order chi connectivity index (χ0) is 24.4. The van der Waals surface area contributed by atoms with E-state index in [0.29, 0.717) is 12.1 Å². The van der Waals surface area contributed by atoms with Gasteiger partial charge in [0.25, 0.3) is 5.92 Å². The van der Waals surface area contributed by atoms with Gasteiger partial charge in [0.15, 0.2) is 11.1 Å². The standard InChI is InChI=1S/C16H6Cl2F8N4O2/c17-6-1-5(15(21,22)23)2-7(18)10(6)30-11(32-12(28)31)9(8(3-27)29-30)13(16(24,25)26)4-14(13,19)20/h1-2H,4H2,(H2,28,31). The van der Waals surface area contributed by atoms with Crippen LogP contribution in [-0.4, -0.2) is 28.0 Å². The van der Waals surface area contributed by atoms with E-state index < -0.39 is 74.6 Å². The molecule has 0 aliphatic heterocycles. The normalized spacial score (nSPS) is 20.0. The van der Waals surface area contributed by atoms with Crippen LogP contribution in [0.3, 0.4) is 0 Å². The van der Waals surface area contributed by atoms with E-state index in [1.54, 1.807) is 0 Å². The van der Waals surface area contributed by atoms with E-state index in [0.717, 1.165) is 0 Å². The monoisotopic (exact) mass is 508 g/mol. The molecule has 1 aliphatic rings. The van der Waals surface area contributed by atoms with Gasteiger partial charge in [0, 0.05) is 6.42 Å². The van der Waals surface area contributed by atoms with Gasteiger partial charge < -0.3 is 10.5 Å². The Balaban J connectivity index is 2.39. The molecule has 0 saturated heterocycles. The number of ether oxygens (including phenoxy) is 1. The topological polar surface area (TPSA) is 93.9 Å². The molecule has 1 aromatic heterocycles. The van der Waals surface area contributed by atoms with Crippen LogP contribution in [0.5, 0.6) is 5.88 Å². The van der Waals surface area contributed by atoms with Crippen LogP contribution in [0.2, 0.25) is 10.0 Å². The van der Waals surface area contributed by atoms with Gasteiger partial charge >= 0.3 is 18.4 Å². The van der Waals surface area contributed by atoms with Gasteiger partial charge in [0.2, 0.25) is 5.88 Å². The third kappa shape index (κ3) is 3.49. The second-order valence-electron chi connectivity index (χ2n) is 6.54. The first-order valence-corrected chi connectivity index (χ1v) is 8.75. The quantitative estimate of drug-likeness (QED) is 0.564. The minimum absolute atomic E-state index is 0.144. The number of hydrogen-bond acceptors (Lipinski definition) is 4. The predicted octanol–water partition coefficient (Wildman–Crippen LogP) is 5.37. The van der Waals surface area contributed by atoms with E-state index >= 15 is 0 Å². The molecular weight excluding hydrogens is 503 g/mol. The van der Waals surface area contributed by atoms with Crippen molar-refractivity contribution in [3.8, 4) is 17.6 Å². The minimum Gasteiger partial charge on any atom is -0.391 e. The van der Waals surface area contributed by atoms with E-state index in [2.05, 4.69) is 9.84 Å². The fraction of sp³-hybridized carbons (Fsp3) is 0.312. The molecule has 1 atom stereocenters. The highest BCUT2D eigenvalue weighted by Crippen LogP contribution is 2.71. The summed E-state index contributed by atoms with van der Waals surface area (Å²) in [6.45, 7) is 0. The molecule has 16 heteroatoms. The Bertz CT molecular complexity index is 1150. The summed E-state index contributed by atoms with van der Waals surface area (Å²) in [5.41, 5.74) is -4.09. The number of rotatable bonds is 3. The summed E-state index contributed by atoms with van der Waals surface area (Å²) in [5.74, 6) is -5.82. The van der Waals surface area contributed by atoms with Crippen LogP contribution in [-0.2, 0) is 11.6 Å². The van der Waals surface area contributed by atoms with Crippen LogP contribution in [0.4, 0.5) is 39.9 Å². The van der Waals surface area contributed by atoms with Crippen molar-refractivity contribution in [2.45, 2.75) is 30.1 Å². The van der Waals surface area contributed by atoms with Crippen LogP contribution < -0.4 is 10.5 Å². The van der Waals surface area contributed by atoms with Crippen molar-refractivity contribution in [1.82, 2.24) is 9.78 Å². The molecule has 172 valence electrons. The number of carbonyl (C=O) groups excluding carboxylic acids is 1. The molecule has 6 nitrogen and oxygen atoms in total. The summed E-state index contributed by atoms with van der Waals surface area (Å²) in [6, 6.07) is 1.80.